The van der Waals surface area contributed by atoms with Crippen LogP contribution < -0.4 is 4.90 Å². The fourth-order valence-electron chi connectivity index (χ4n) is 2.27. The molecule has 0 spiro atoms. The van der Waals surface area contributed by atoms with Gasteiger partial charge in [-0.25, -0.2) is 4.98 Å². The summed E-state index contributed by atoms with van der Waals surface area (Å²) in [7, 11) is 0. The van der Waals surface area contributed by atoms with E-state index >= 15 is 0 Å². The maximum absolute atomic E-state index is 10.5. The number of pyridine rings is 1. The molecule has 92 valence electrons. The zero-order valence-electron chi connectivity index (χ0n) is 9.93. The molecule has 0 bridgehead atoms. The largest absolute Gasteiger partial charge is 0.481 e. The van der Waals surface area contributed by atoms with Gasteiger partial charge in [-0.15, -0.1) is 0 Å². The Kier molecular flexibility index (Phi) is 3.96. The Morgan fingerprint density at radius 2 is 2.18 bits per heavy atom. The van der Waals surface area contributed by atoms with Crippen molar-refractivity contribution in [1.29, 1.82) is 0 Å². The molecular weight excluding hydrogens is 216 g/mol. The van der Waals surface area contributed by atoms with Crippen LogP contribution in [0.4, 0.5) is 5.82 Å². The Labute approximate surface area is 101 Å². The maximum atomic E-state index is 10.5. The summed E-state index contributed by atoms with van der Waals surface area (Å²) in [5.74, 6) is 0.326. The minimum Gasteiger partial charge on any atom is -0.481 e. The Bertz CT molecular complexity index is 387. The molecule has 1 aliphatic heterocycles. The quantitative estimate of drug-likeness (QED) is 0.847. The lowest BCUT2D eigenvalue weighted by Gasteiger charge is -2.19. The van der Waals surface area contributed by atoms with Crippen molar-refractivity contribution in [2.24, 2.45) is 0 Å². The number of anilines is 1. The highest BCUT2D eigenvalue weighted by Crippen LogP contribution is 2.23. The third-order valence-electron chi connectivity index (χ3n) is 3.11. The lowest BCUT2D eigenvalue weighted by Crippen LogP contribution is -2.20. The van der Waals surface area contributed by atoms with E-state index in [4.69, 9.17) is 5.11 Å². The SMILES string of the molecule is O=C(O)CCCc1cccnc1N1CCCC1. The van der Waals surface area contributed by atoms with E-state index in [0.29, 0.717) is 6.42 Å². The fraction of sp³-hybridized carbons (Fsp3) is 0.538. The van der Waals surface area contributed by atoms with Crippen molar-refractivity contribution in [3.63, 3.8) is 0 Å². The number of aryl methyl sites for hydroxylation is 1. The summed E-state index contributed by atoms with van der Waals surface area (Å²) < 4.78 is 0. The van der Waals surface area contributed by atoms with Gasteiger partial charge in [0.15, 0.2) is 0 Å². The average molecular weight is 234 g/mol. The molecule has 0 aliphatic carbocycles. The van der Waals surface area contributed by atoms with Gasteiger partial charge in [-0.2, -0.15) is 0 Å². The van der Waals surface area contributed by atoms with Crippen molar-refractivity contribution in [1.82, 2.24) is 4.98 Å². The van der Waals surface area contributed by atoms with Gasteiger partial charge in [0, 0.05) is 25.7 Å². The molecule has 17 heavy (non-hydrogen) atoms. The first kappa shape index (κ1) is 11.9. The molecule has 0 saturated carbocycles. The second-order valence-electron chi connectivity index (χ2n) is 4.43. The monoisotopic (exact) mass is 234 g/mol. The summed E-state index contributed by atoms with van der Waals surface area (Å²) in [6.45, 7) is 2.14. The third kappa shape index (κ3) is 3.19. The summed E-state index contributed by atoms with van der Waals surface area (Å²) in [4.78, 5) is 17.2. The molecule has 1 fully saturated rings. The molecule has 4 heteroatoms. The van der Waals surface area contributed by atoms with Gasteiger partial charge in [-0.05, 0) is 37.3 Å². The maximum Gasteiger partial charge on any atom is 0.303 e. The highest BCUT2D eigenvalue weighted by molar-refractivity contribution is 5.66. The van der Waals surface area contributed by atoms with Gasteiger partial charge in [0.25, 0.3) is 0 Å². The molecule has 2 heterocycles. The Morgan fingerprint density at radius 3 is 2.88 bits per heavy atom. The summed E-state index contributed by atoms with van der Waals surface area (Å²) in [6, 6.07) is 3.98. The van der Waals surface area contributed by atoms with Gasteiger partial charge in [0.1, 0.15) is 5.82 Å². The van der Waals surface area contributed by atoms with Crippen molar-refractivity contribution in [2.75, 3.05) is 18.0 Å². The molecule has 0 aromatic carbocycles. The molecule has 0 amide bonds. The predicted molar refractivity (Wildman–Crippen MR) is 66.3 cm³/mol. The molecule has 0 atom stereocenters. The Morgan fingerprint density at radius 1 is 1.41 bits per heavy atom. The van der Waals surface area contributed by atoms with Gasteiger partial charge in [0.2, 0.25) is 0 Å². The molecule has 0 unspecified atom stereocenters. The number of aliphatic carboxylic acids is 1. The summed E-state index contributed by atoms with van der Waals surface area (Å²) in [5.41, 5.74) is 1.18. The lowest BCUT2D eigenvalue weighted by molar-refractivity contribution is -0.137. The van der Waals surface area contributed by atoms with Crippen LogP contribution in [0.15, 0.2) is 18.3 Å². The van der Waals surface area contributed by atoms with Crippen molar-refractivity contribution in [3.8, 4) is 0 Å². The standard InChI is InChI=1S/C13H18N2O2/c16-12(17)7-3-5-11-6-4-8-14-13(11)15-9-1-2-10-15/h4,6,8H,1-3,5,7,9-10H2,(H,16,17). The number of rotatable bonds is 5. The zero-order valence-corrected chi connectivity index (χ0v) is 9.93. The highest BCUT2D eigenvalue weighted by atomic mass is 16.4. The first-order valence-electron chi connectivity index (χ1n) is 6.18. The van der Waals surface area contributed by atoms with E-state index in [1.54, 1.807) is 0 Å². The number of carbonyl (C=O) groups is 1. The van der Waals surface area contributed by atoms with E-state index in [0.717, 1.165) is 25.3 Å². The number of nitrogens with zero attached hydrogens (tertiary/aromatic N) is 2. The summed E-state index contributed by atoms with van der Waals surface area (Å²) in [5, 5.41) is 8.65. The summed E-state index contributed by atoms with van der Waals surface area (Å²) >= 11 is 0. The molecule has 2 rings (SSSR count). The van der Waals surface area contributed by atoms with Crippen LogP contribution in [0.5, 0.6) is 0 Å². The number of carboxylic acid groups (broad SMARTS) is 1. The molecule has 1 aromatic rings. The van der Waals surface area contributed by atoms with E-state index in [1.165, 1.54) is 18.4 Å². The second kappa shape index (κ2) is 5.66. The highest BCUT2D eigenvalue weighted by Gasteiger charge is 2.16. The van der Waals surface area contributed by atoms with Crippen LogP contribution in [0.2, 0.25) is 0 Å². The minimum absolute atomic E-state index is 0.230. The van der Waals surface area contributed by atoms with E-state index in [-0.39, 0.29) is 6.42 Å². The second-order valence-corrected chi connectivity index (χ2v) is 4.43. The normalized spacial score (nSPS) is 15.2. The Balaban J connectivity index is 2.02. The van der Waals surface area contributed by atoms with E-state index in [1.807, 2.05) is 12.3 Å². The van der Waals surface area contributed by atoms with Gasteiger partial charge >= 0.3 is 5.97 Å². The molecule has 0 radical (unpaired) electrons. The average Bonchev–Trinajstić information content (AvgIpc) is 2.82. The van der Waals surface area contributed by atoms with E-state index < -0.39 is 5.97 Å². The summed E-state index contributed by atoms with van der Waals surface area (Å²) in [6.07, 6.45) is 5.98. The van der Waals surface area contributed by atoms with Crippen molar-refractivity contribution < 1.29 is 9.90 Å². The lowest BCUT2D eigenvalue weighted by atomic mass is 10.1. The van der Waals surface area contributed by atoms with Crippen LogP contribution >= 0.6 is 0 Å². The number of carboxylic acids is 1. The van der Waals surface area contributed by atoms with Gasteiger partial charge in [0.05, 0.1) is 0 Å². The molecular formula is C13H18N2O2. The Hall–Kier alpha value is -1.58. The van der Waals surface area contributed by atoms with Crippen LogP contribution in [0.3, 0.4) is 0 Å². The van der Waals surface area contributed by atoms with Crippen LogP contribution in [-0.2, 0) is 11.2 Å². The van der Waals surface area contributed by atoms with Crippen LogP contribution in [0.1, 0.15) is 31.2 Å². The molecule has 1 aliphatic rings. The van der Waals surface area contributed by atoms with Crippen molar-refractivity contribution in [2.45, 2.75) is 32.1 Å². The van der Waals surface area contributed by atoms with E-state index in [9.17, 15) is 4.79 Å². The molecule has 1 saturated heterocycles. The molecule has 1 aromatic heterocycles. The van der Waals surface area contributed by atoms with Gasteiger partial charge in [-0.1, -0.05) is 6.07 Å². The third-order valence-corrected chi connectivity index (χ3v) is 3.11. The van der Waals surface area contributed by atoms with Crippen LogP contribution in [0.25, 0.3) is 0 Å². The topological polar surface area (TPSA) is 53.4 Å². The van der Waals surface area contributed by atoms with Crippen molar-refractivity contribution in [3.05, 3.63) is 23.9 Å². The zero-order chi connectivity index (χ0) is 12.1. The predicted octanol–water partition coefficient (Wildman–Crippen LogP) is 2.09. The molecule has 1 N–H and O–H groups in total. The van der Waals surface area contributed by atoms with Crippen molar-refractivity contribution >= 4 is 11.8 Å². The van der Waals surface area contributed by atoms with Crippen LogP contribution in [0, 0.1) is 0 Å². The van der Waals surface area contributed by atoms with Gasteiger partial charge in [-0.3, -0.25) is 4.79 Å². The number of aromatic nitrogens is 1. The minimum atomic E-state index is -0.725. The smallest absolute Gasteiger partial charge is 0.303 e. The number of hydrogen-bond donors (Lipinski definition) is 1. The first-order valence-corrected chi connectivity index (χ1v) is 6.18. The molecule has 4 nitrogen and oxygen atoms in total. The van der Waals surface area contributed by atoms with Gasteiger partial charge < -0.3 is 10.0 Å². The fourth-order valence-corrected chi connectivity index (χ4v) is 2.27. The van der Waals surface area contributed by atoms with E-state index in [2.05, 4.69) is 16.0 Å². The number of hydrogen-bond acceptors (Lipinski definition) is 3. The first-order chi connectivity index (χ1) is 8.27. The van der Waals surface area contributed by atoms with Crippen LogP contribution in [-0.4, -0.2) is 29.1 Å².